The summed E-state index contributed by atoms with van der Waals surface area (Å²) in [4.78, 5) is 40.1. The number of carboxylic acids is 1. The number of ether oxygens (including phenoxy) is 2. The molecular weight excluding hydrogens is 901 g/mol. The van der Waals surface area contributed by atoms with Gasteiger partial charge in [0.15, 0.2) is 15.7 Å². The van der Waals surface area contributed by atoms with Crippen LogP contribution >= 0.6 is 22.9 Å². The number of carbonyl (C=O) groups is 1. The summed E-state index contributed by atoms with van der Waals surface area (Å²) >= 11 is 8.75. The number of benzene rings is 4. The predicted molar refractivity (Wildman–Crippen MR) is 253 cm³/mol. The zero-order valence-electron chi connectivity index (χ0n) is 36.6. The van der Waals surface area contributed by atoms with E-state index in [4.69, 9.17) is 21.1 Å². The van der Waals surface area contributed by atoms with Crippen molar-refractivity contribution < 1.29 is 32.2 Å². The number of rotatable bonds is 10. The van der Waals surface area contributed by atoms with Crippen LogP contribution < -0.4 is 9.47 Å². The average molecular weight is 949 g/mol. The van der Waals surface area contributed by atoms with Gasteiger partial charge in [0.1, 0.15) is 29.3 Å². The number of carboxylic acid groups (broad SMARTS) is 1. The van der Waals surface area contributed by atoms with Crippen LogP contribution in [0.3, 0.4) is 0 Å². The van der Waals surface area contributed by atoms with Gasteiger partial charge in [-0.25, -0.2) is 37.5 Å². The Hall–Kier alpha value is -5.88. The van der Waals surface area contributed by atoms with E-state index in [0.717, 1.165) is 78.2 Å². The number of nitrogens with zero attached hydrogens (tertiary/aromatic N) is 7. The van der Waals surface area contributed by atoms with Crippen molar-refractivity contribution in [3.05, 3.63) is 136 Å². The van der Waals surface area contributed by atoms with Crippen LogP contribution in [0.15, 0.2) is 102 Å². The molecule has 6 heterocycles. The number of sulfone groups is 1. The number of hydrogen-bond acceptors (Lipinski definition) is 13. The SMILES string of the molecule is Cc1c2ccc(c1Cl)CN(CCN1CCN(C)CC1)Cc1ccc(OCc3ccnc(-c4ccccc4S(C)(=O)=O)n3)c(c1)C[C@H](C(=O)O)Oc1ncnc3sc(-c4ccc(F)cc4)c-2c13. The quantitative estimate of drug-likeness (QED) is 0.140. The van der Waals surface area contributed by atoms with Crippen molar-refractivity contribution in [3.8, 4) is 44.6 Å². The van der Waals surface area contributed by atoms with Gasteiger partial charge >= 0.3 is 5.97 Å². The summed E-state index contributed by atoms with van der Waals surface area (Å²) < 4.78 is 52.5. The molecule has 1 saturated heterocycles. The zero-order chi connectivity index (χ0) is 46.1. The highest BCUT2D eigenvalue weighted by molar-refractivity contribution is 7.90. The topological polar surface area (TPSA) is 151 Å². The van der Waals surface area contributed by atoms with Crippen LogP contribution in [0, 0.1) is 12.7 Å². The maximum atomic E-state index is 14.3. The third-order valence-electron chi connectivity index (χ3n) is 12.1. The van der Waals surface area contributed by atoms with Crippen LogP contribution in [0.4, 0.5) is 4.39 Å². The van der Waals surface area contributed by atoms with Crippen LogP contribution in [0.25, 0.3) is 43.2 Å². The monoisotopic (exact) mass is 947 g/mol. The highest BCUT2D eigenvalue weighted by atomic mass is 35.5. The van der Waals surface area contributed by atoms with E-state index in [1.54, 1.807) is 42.6 Å². The number of thiophene rings is 1. The summed E-state index contributed by atoms with van der Waals surface area (Å²) in [5, 5.41) is 12.0. The second kappa shape index (κ2) is 19.1. The first-order valence-corrected chi connectivity index (χ1v) is 24.6. The molecule has 0 radical (unpaired) electrons. The standard InChI is InChI=1S/C49H47ClFN7O6S2/c1-30-37-14-11-33(44(30)50)27-58(23-22-57-20-18-56(2)19-21-57)26-31-8-15-39(63-28-36-16-17-52-46(55-36)38-6-4-5-7-41(38)66(3,61)62)34(24-31)25-40(49(59)60)64-47-43-42(37)45(65-48(43)54-29-53-47)32-9-12-35(51)13-10-32/h4-17,24,29,40H,18-23,25-28H2,1-3H3,(H,59,60)/t40-/m1/s1. The van der Waals surface area contributed by atoms with Gasteiger partial charge in [-0.05, 0) is 83.8 Å². The molecule has 1 N–H and O–H groups in total. The van der Waals surface area contributed by atoms with Crippen LogP contribution in [0.5, 0.6) is 11.6 Å². The number of aromatic nitrogens is 4. The highest BCUT2D eigenvalue weighted by Gasteiger charge is 2.29. The summed E-state index contributed by atoms with van der Waals surface area (Å²) in [6, 6.07) is 24.3. The number of piperazine rings is 1. The fourth-order valence-electron chi connectivity index (χ4n) is 8.54. The van der Waals surface area contributed by atoms with Crippen molar-refractivity contribution in [1.29, 1.82) is 0 Å². The minimum Gasteiger partial charge on any atom is -0.487 e. The number of fused-ring (bicyclic) bond motifs is 6. The molecule has 1 fully saturated rings. The minimum absolute atomic E-state index is 0.0247. The van der Waals surface area contributed by atoms with Crippen molar-refractivity contribution in [1.82, 2.24) is 34.6 Å². The van der Waals surface area contributed by atoms with E-state index in [2.05, 4.69) is 41.7 Å². The van der Waals surface area contributed by atoms with Gasteiger partial charge in [0, 0.05) is 92.3 Å². The Morgan fingerprint density at radius 2 is 1.70 bits per heavy atom. The molecule has 10 rings (SSSR count). The van der Waals surface area contributed by atoms with E-state index < -0.39 is 21.9 Å². The zero-order valence-corrected chi connectivity index (χ0v) is 39.0. The van der Waals surface area contributed by atoms with Crippen molar-refractivity contribution in [2.75, 3.05) is 52.6 Å². The first-order valence-electron chi connectivity index (χ1n) is 21.5. The molecule has 66 heavy (non-hydrogen) atoms. The fraction of sp³-hybridized carbons (Fsp3) is 0.286. The minimum atomic E-state index is -3.57. The summed E-state index contributed by atoms with van der Waals surface area (Å²) in [5.41, 5.74) is 6.40. The van der Waals surface area contributed by atoms with E-state index in [0.29, 0.717) is 56.5 Å². The smallest absolute Gasteiger partial charge is 0.345 e. The Morgan fingerprint density at radius 3 is 2.47 bits per heavy atom. The lowest BCUT2D eigenvalue weighted by Crippen LogP contribution is -2.46. The van der Waals surface area contributed by atoms with E-state index in [1.807, 2.05) is 37.3 Å². The molecule has 4 bridgehead atoms. The Balaban J connectivity index is 1.13. The number of likely N-dealkylation sites (N-methyl/N-ethyl adjacent to an activating group) is 1. The molecule has 13 nitrogen and oxygen atoms in total. The van der Waals surface area contributed by atoms with Gasteiger partial charge in [0.25, 0.3) is 0 Å². The Bertz CT molecular complexity index is 3060. The first-order chi connectivity index (χ1) is 31.8. The molecular formula is C49H47ClFN7O6S2. The maximum absolute atomic E-state index is 14.3. The maximum Gasteiger partial charge on any atom is 0.345 e. The largest absolute Gasteiger partial charge is 0.487 e. The lowest BCUT2D eigenvalue weighted by molar-refractivity contribution is -0.145. The summed E-state index contributed by atoms with van der Waals surface area (Å²) in [6.07, 6.45) is 2.53. The third-order valence-corrected chi connectivity index (χ3v) is 14.9. The Kier molecular flexibility index (Phi) is 13.1. The summed E-state index contributed by atoms with van der Waals surface area (Å²) in [7, 11) is -1.43. The van der Waals surface area contributed by atoms with Gasteiger partial charge in [-0.1, -0.05) is 60.1 Å². The van der Waals surface area contributed by atoms with Crippen molar-refractivity contribution in [2.24, 2.45) is 0 Å². The molecule has 0 aliphatic carbocycles. The Morgan fingerprint density at radius 1 is 0.924 bits per heavy atom. The number of hydrogen-bond donors (Lipinski definition) is 1. The molecule has 17 heteroatoms. The van der Waals surface area contributed by atoms with Gasteiger partial charge in [-0.15, -0.1) is 11.3 Å². The molecule has 3 aliphatic rings. The van der Waals surface area contributed by atoms with Gasteiger partial charge in [0.2, 0.25) is 12.0 Å². The van der Waals surface area contributed by atoms with Crippen LogP contribution in [-0.4, -0.2) is 113 Å². The lowest BCUT2D eigenvalue weighted by Gasteiger charge is -2.34. The second-order valence-corrected chi connectivity index (χ2v) is 20.1. The molecule has 1 atom stereocenters. The molecule has 7 aromatic rings. The number of aliphatic carboxylic acids is 1. The van der Waals surface area contributed by atoms with Gasteiger partial charge in [0.05, 0.1) is 16.0 Å². The van der Waals surface area contributed by atoms with E-state index in [1.165, 1.54) is 35.9 Å². The van der Waals surface area contributed by atoms with Gasteiger partial charge in [-0.2, -0.15) is 0 Å². The van der Waals surface area contributed by atoms with Gasteiger partial charge < -0.3 is 19.5 Å². The predicted octanol–water partition coefficient (Wildman–Crippen LogP) is 8.20. The van der Waals surface area contributed by atoms with E-state index in [-0.39, 0.29) is 35.4 Å². The Labute approximate surface area is 391 Å². The summed E-state index contributed by atoms with van der Waals surface area (Å²) in [5.74, 6) is -0.853. The molecule has 0 saturated carbocycles. The molecule has 3 aromatic heterocycles. The van der Waals surface area contributed by atoms with Crippen LogP contribution in [0.2, 0.25) is 5.02 Å². The third kappa shape index (κ3) is 9.80. The normalized spacial score (nSPS) is 16.3. The van der Waals surface area contributed by atoms with Crippen LogP contribution in [-0.2, 0) is 40.7 Å². The molecule has 3 aliphatic heterocycles. The van der Waals surface area contributed by atoms with Crippen molar-refractivity contribution in [3.63, 3.8) is 0 Å². The van der Waals surface area contributed by atoms with Crippen molar-refractivity contribution >= 4 is 49.0 Å². The summed E-state index contributed by atoms with van der Waals surface area (Å²) in [6.45, 7) is 8.57. The first kappa shape index (κ1) is 45.3. The van der Waals surface area contributed by atoms with Crippen molar-refractivity contribution in [2.45, 2.75) is 44.0 Å². The number of halogens is 2. The molecule has 0 amide bonds. The molecule has 0 spiro atoms. The van der Waals surface area contributed by atoms with E-state index >= 15 is 0 Å². The average Bonchev–Trinajstić information content (AvgIpc) is 3.69. The molecule has 0 unspecified atom stereocenters. The fourth-order valence-corrected chi connectivity index (χ4v) is 10.8. The highest BCUT2D eigenvalue weighted by Crippen LogP contribution is 2.49. The van der Waals surface area contributed by atoms with Crippen LogP contribution in [0.1, 0.15) is 27.9 Å². The van der Waals surface area contributed by atoms with Gasteiger partial charge in [-0.3, -0.25) is 9.80 Å². The van der Waals surface area contributed by atoms with E-state index in [9.17, 15) is 22.7 Å². The second-order valence-electron chi connectivity index (χ2n) is 16.8. The lowest BCUT2D eigenvalue weighted by atomic mass is 9.94. The molecule has 4 aromatic carbocycles. The molecule has 340 valence electrons.